The van der Waals surface area contributed by atoms with E-state index >= 15 is 0 Å². The number of rotatable bonds is 1. The average molecular weight is 178 g/mol. The number of carbonyl (C=O) groups is 1. The zero-order valence-electron chi connectivity index (χ0n) is 7.52. The summed E-state index contributed by atoms with van der Waals surface area (Å²) in [5, 5.41) is 9.18. The Balaban J connectivity index is 1.97. The summed E-state index contributed by atoms with van der Waals surface area (Å²) in [5.41, 5.74) is 0. The Kier molecular flexibility index (Phi) is 1.46. The highest BCUT2D eigenvalue weighted by Crippen LogP contribution is 2.55. The van der Waals surface area contributed by atoms with Gasteiger partial charge in [-0.25, -0.2) is 0 Å². The van der Waals surface area contributed by atoms with E-state index in [4.69, 9.17) is 0 Å². The molecule has 0 spiro atoms. The second-order valence-corrected chi connectivity index (χ2v) is 4.66. The molecule has 3 aliphatic carbocycles. The normalized spacial score (nSPS) is 51.8. The Morgan fingerprint density at radius 3 is 2.92 bits per heavy atom. The third-order valence-electron chi connectivity index (χ3n) is 4.13. The Hall–Kier alpha value is -0.630. The molecule has 0 aromatic carbocycles. The van der Waals surface area contributed by atoms with Gasteiger partial charge in [0.25, 0.3) is 0 Å². The van der Waals surface area contributed by atoms with Gasteiger partial charge < -0.3 is 5.11 Å². The van der Waals surface area contributed by atoms with Crippen molar-refractivity contribution >= 4 is 5.78 Å². The fraction of sp³-hybridized carbons (Fsp3) is 0.727. The molecule has 2 bridgehead atoms. The lowest BCUT2D eigenvalue weighted by molar-refractivity contribution is -0.121. The van der Waals surface area contributed by atoms with Crippen LogP contribution in [-0.4, -0.2) is 17.5 Å². The van der Waals surface area contributed by atoms with E-state index in [1.165, 1.54) is 0 Å². The number of carbonyl (C=O) groups excluding carboxylic acids is 1. The topological polar surface area (TPSA) is 37.3 Å². The van der Waals surface area contributed by atoms with Crippen molar-refractivity contribution in [1.82, 2.24) is 0 Å². The van der Waals surface area contributed by atoms with E-state index in [2.05, 4.69) is 12.2 Å². The largest absolute Gasteiger partial charge is 0.396 e. The lowest BCUT2D eigenvalue weighted by Crippen LogP contribution is -2.23. The maximum absolute atomic E-state index is 11.7. The van der Waals surface area contributed by atoms with Gasteiger partial charge in [-0.1, -0.05) is 12.2 Å². The summed E-state index contributed by atoms with van der Waals surface area (Å²) < 4.78 is 0. The van der Waals surface area contributed by atoms with Crippen LogP contribution in [0.15, 0.2) is 12.2 Å². The first-order valence-corrected chi connectivity index (χ1v) is 5.13. The van der Waals surface area contributed by atoms with Crippen LogP contribution >= 0.6 is 0 Å². The van der Waals surface area contributed by atoms with Gasteiger partial charge >= 0.3 is 0 Å². The van der Waals surface area contributed by atoms with Crippen molar-refractivity contribution in [2.75, 3.05) is 6.61 Å². The minimum atomic E-state index is 0.198. The summed E-state index contributed by atoms with van der Waals surface area (Å²) in [5.74, 6) is 2.52. The van der Waals surface area contributed by atoms with E-state index in [0.29, 0.717) is 30.0 Å². The Labute approximate surface area is 77.6 Å². The molecule has 3 aliphatic rings. The molecular formula is C11H14O2. The molecule has 5 atom stereocenters. The number of Topliss-reactive ketones (excluding diaryl/α,β-unsaturated/α-hetero) is 1. The highest BCUT2D eigenvalue weighted by atomic mass is 16.3. The van der Waals surface area contributed by atoms with E-state index in [1.807, 2.05) is 0 Å². The van der Waals surface area contributed by atoms with Gasteiger partial charge in [-0.15, -0.1) is 0 Å². The van der Waals surface area contributed by atoms with E-state index in [0.717, 1.165) is 6.42 Å². The zero-order valence-corrected chi connectivity index (χ0v) is 7.52. The van der Waals surface area contributed by atoms with Crippen molar-refractivity contribution in [1.29, 1.82) is 0 Å². The summed E-state index contributed by atoms with van der Waals surface area (Å²) in [4.78, 5) is 11.7. The van der Waals surface area contributed by atoms with Crippen LogP contribution in [0.25, 0.3) is 0 Å². The van der Waals surface area contributed by atoms with Crippen molar-refractivity contribution in [3.8, 4) is 0 Å². The Morgan fingerprint density at radius 2 is 2.15 bits per heavy atom. The van der Waals surface area contributed by atoms with Gasteiger partial charge in [-0.2, -0.15) is 0 Å². The second kappa shape index (κ2) is 2.44. The molecule has 0 unspecified atom stereocenters. The quantitative estimate of drug-likeness (QED) is 0.608. The van der Waals surface area contributed by atoms with Crippen LogP contribution in [-0.2, 0) is 4.79 Å². The van der Waals surface area contributed by atoms with Crippen LogP contribution in [0.1, 0.15) is 12.8 Å². The molecular weight excluding hydrogens is 164 g/mol. The van der Waals surface area contributed by atoms with E-state index in [1.54, 1.807) is 0 Å². The summed E-state index contributed by atoms with van der Waals surface area (Å²) in [6.45, 7) is 0.198. The number of fused-ring (bicyclic) bond motifs is 5. The van der Waals surface area contributed by atoms with Gasteiger partial charge in [0.2, 0.25) is 0 Å². The molecule has 2 fully saturated rings. The summed E-state index contributed by atoms with van der Waals surface area (Å²) >= 11 is 0. The molecule has 0 amide bonds. The predicted molar refractivity (Wildman–Crippen MR) is 47.9 cm³/mol. The van der Waals surface area contributed by atoms with Gasteiger partial charge in [0, 0.05) is 18.9 Å². The van der Waals surface area contributed by atoms with Crippen molar-refractivity contribution in [2.24, 2.45) is 29.6 Å². The van der Waals surface area contributed by atoms with Crippen LogP contribution in [0.2, 0.25) is 0 Å². The van der Waals surface area contributed by atoms with Gasteiger partial charge in [-0.05, 0) is 30.1 Å². The molecule has 0 aromatic rings. The average Bonchev–Trinajstić information content (AvgIpc) is 2.76. The lowest BCUT2D eigenvalue weighted by Gasteiger charge is -2.23. The third-order valence-corrected chi connectivity index (χ3v) is 4.13. The molecule has 0 saturated heterocycles. The first-order chi connectivity index (χ1) is 6.31. The number of allylic oxidation sites excluding steroid dienone is 2. The molecule has 2 nitrogen and oxygen atoms in total. The number of ketones is 1. The fourth-order valence-electron chi connectivity index (χ4n) is 3.67. The number of hydrogen-bond acceptors (Lipinski definition) is 2. The molecule has 13 heavy (non-hydrogen) atoms. The van der Waals surface area contributed by atoms with Gasteiger partial charge in [0.05, 0.1) is 0 Å². The molecule has 0 aromatic heterocycles. The molecule has 2 heteroatoms. The van der Waals surface area contributed by atoms with Crippen molar-refractivity contribution < 1.29 is 9.90 Å². The van der Waals surface area contributed by atoms with Crippen molar-refractivity contribution in [3.05, 3.63) is 12.2 Å². The highest BCUT2D eigenvalue weighted by Gasteiger charge is 2.54. The summed E-state index contributed by atoms with van der Waals surface area (Å²) in [6, 6.07) is 0. The molecule has 1 N–H and O–H groups in total. The van der Waals surface area contributed by atoms with E-state index in [-0.39, 0.29) is 18.4 Å². The van der Waals surface area contributed by atoms with Gasteiger partial charge in [0.15, 0.2) is 0 Å². The van der Waals surface area contributed by atoms with Crippen LogP contribution < -0.4 is 0 Å². The smallest absolute Gasteiger partial charge is 0.137 e. The van der Waals surface area contributed by atoms with Crippen molar-refractivity contribution in [2.45, 2.75) is 12.8 Å². The molecule has 0 heterocycles. The highest BCUT2D eigenvalue weighted by molar-refractivity contribution is 5.85. The molecule has 0 radical (unpaired) electrons. The lowest BCUT2D eigenvalue weighted by atomic mass is 9.81. The Bertz CT molecular complexity index is 282. The van der Waals surface area contributed by atoms with Crippen LogP contribution in [0.4, 0.5) is 0 Å². The molecule has 70 valence electrons. The molecule has 0 aliphatic heterocycles. The Morgan fingerprint density at radius 1 is 1.38 bits per heavy atom. The minimum Gasteiger partial charge on any atom is -0.396 e. The summed E-state index contributed by atoms with van der Waals surface area (Å²) in [7, 11) is 0. The SMILES string of the molecule is O=C1C[C@H](CO)[C@@H]2[C@H]1[C@@H]1C=C[C@H]2C1. The van der Waals surface area contributed by atoms with Crippen LogP contribution in [0, 0.1) is 29.6 Å². The predicted octanol–water partition coefficient (Wildman–Crippen LogP) is 1.01. The van der Waals surface area contributed by atoms with Crippen LogP contribution in [0.5, 0.6) is 0 Å². The zero-order chi connectivity index (χ0) is 9.00. The second-order valence-electron chi connectivity index (χ2n) is 4.66. The maximum Gasteiger partial charge on any atom is 0.137 e. The number of aliphatic hydroxyl groups excluding tert-OH is 1. The standard InChI is InChI=1S/C11H14O2/c12-5-8-4-9(13)11-7-2-1-6(3-7)10(8)11/h1-2,6-8,10-12H,3-5H2/t6-,7+,8+,10+,11-/m0/s1. The fourth-order valence-corrected chi connectivity index (χ4v) is 3.67. The van der Waals surface area contributed by atoms with E-state index in [9.17, 15) is 9.90 Å². The molecule has 2 saturated carbocycles. The van der Waals surface area contributed by atoms with Crippen LogP contribution in [0.3, 0.4) is 0 Å². The number of aliphatic hydroxyl groups is 1. The van der Waals surface area contributed by atoms with Gasteiger partial charge in [0.1, 0.15) is 5.78 Å². The number of hydrogen-bond donors (Lipinski definition) is 1. The maximum atomic E-state index is 11.7. The van der Waals surface area contributed by atoms with E-state index < -0.39 is 0 Å². The first kappa shape index (κ1) is 7.74. The minimum absolute atomic E-state index is 0.198. The monoisotopic (exact) mass is 178 g/mol. The third kappa shape index (κ3) is 0.845. The summed E-state index contributed by atoms with van der Waals surface area (Å²) in [6.07, 6.45) is 6.26. The molecule has 3 rings (SSSR count). The first-order valence-electron chi connectivity index (χ1n) is 5.13. The van der Waals surface area contributed by atoms with Crippen molar-refractivity contribution in [3.63, 3.8) is 0 Å². The van der Waals surface area contributed by atoms with Gasteiger partial charge in [-0.3, -0.25) is 4.79 Å².